The maximum Gasteiger partial charge on any atom is 0.335 e. The Morgan fingerprint density at radius 2 is 2.15 bits per heavy atom. The highest BCUT2D eigenvalue weighted by atomic mass is 32.2. The van der Waals surface area contributed by atoms with E-state index in [9.17, 15) is 14.4 Å². The Morgan fingerprint density at radius 3 is 2.93 bits per heavy atom. The fourth-order valence-corrected chi connectivity index (χ4v) is 4.94. The topological polar surface area (TPSA) is 84.9 Å². The van der Waals surface area contributed by atoms with Gasteiger partial charge in [0.2, 0.25) is 5.91 Å². The number of carbonyl (C=O) groups is 3. The molecule has 0 aromatic heterocycles. The monoisotopic (exact) mass is 390 g/mol. The molecule has 0 bridgehead atoms. The molecule has 2 amide bonds. The SMILES string of the molecule is COC(=O)[C@@H]1C[C@@H]2[C@@H](CC[C@H](C)N2C(=O)c2ccc3c(c2)NC(=O)CS3)O1. The number of rotatable bonds is 2. The molecule has 0 spiro atoms. The van der Waals surface area contributed by atoms with E-state index in [-0.39, 0.29) is 30.0 Å². The lowest BCUT2D eigenvalue weighted by atomic mass is 9.91. The summed E-state index contributed by atoms with van der Waals surface area (Å²) in [5.74, 6) is -0.162. The second-order valence-electron chi connectivity index (χ2n) is 7.18. The molecular weight excluding hydrogens is 368 g/mol. The molecule has 4 atom stereocenters. The molecule has 0 saturated carbocycles. The van der Waals surface area contributed by atoms with Gasteiger partial charge in [-0.3, -0.25) is 9.59 Å². The van der Waals surface area contributed by atoms with Crippen molar-refractivity contribution in [1.82, 2.24) is 4.90 Å². The molecule has 8 heteroatoms. The van der Waals surface area contributed by atoms with E-state index in [0.717, 1.165) is 17.7 Å². The number of ether oxygens (including phenoxy) is 2. The van der Waals surface area contributed by atoms with Crippen molar-refractivity contribution in [2.45, 2.75) is 55.4 Å². The molecule has 2 saturated heterocycles. The Morgan fingerprint density at radius 1 is 1.33 bits per heavy atom. The molecule has 2 fully saturated rings. The Kier molecular flexibility index (Phi) is 4.86. The predicted octanol–water partition coefficient (Wildman–Crippen LogP) is 2.05. The number of anilines is 1. The third-order valence-electron chi connectivity index (χ3n) is 5.48. The molecule has 3 aliphatic heterocycles. The number of hydrogen-bond acceptors (Lipinski definition) is 6. The summed E-state index contributed by atoms with van der Waals surface area (Å²) < 4.78 is 10.7. The number of thioether (sulfide) groups is 1. The lowest BCUT2D eigenvalue weighted by Crippen LogP contribution is -2.53. The Bertz CT molecular complexity index is 798. The van der Waals surface area contributed by atoms with Gasteiger partial charge in [-0.1, -0.05) is 0 Å². The number of nitrogens with one attached hydrogen (secondary N) is 1. The van der Waals surface area contributed by atoms with Gasteiger partial charge in [-0.2, -0.15) is 0 Å². The van der Waals surface area contributed by atoms with Crippen LogP contribution in [0.15, 0.2) is 23.1 Å². The summed E-state index contributed by atoms with van der Waals surface area (Å²) >= 11 is 1.47. The largest absolute Gasteiger partial charge is 0.467 e. The molecular formula is C19H22N2O5S. The van der Waals surface area contributed by atoms with Crippen LogP contribution in [0.25, 0.3) is 0 Å². The number of methoxy groups -OCH3 is 1. The van der Waals surface area contributed by atoms with Crippen LogP contribution in [0.4, 0.5) is 5.69 Å². The molecule has 0 radical (unpaired) electrons. The number of carbonyl (C=O) groups excluding carboxylic acids is 3. The number of fused-ring (bicyclic) bond motifs is 2. The number of piperidine rings is 1. The van der Waals surface area contributed by atoms with E-state index in [2.05, 4.69) is 5.32 Å². The van der Waals surface area contributed by atoms with E-state index in [1.807, 2.05) is 17.9 Å². The van der Waals surface area contributed by atoms with Crippen molar-refractivity contribution in [3.63, 3.8) is 0 Å². The molecule has 3 aliphatic rings. The fourth-order valence-electron chi connectivity index (χ4n) is 4.15. The Hall–Kier alpha value is -2.06. The summed E-state index contributed by atoms with van der Waals surface area (Å²) in [5.41, 5.74) is 1.21. The maximum atomic E-state index is 13.3. The first-order valence-electron chi connectivity index (χ1n) is 9.10. The van der Waals surface area contributed by atoms with Crippen LogP contribution in [0.5, 0.6) is 0 Å². The lowest BCUT2D eigenvalue weighted by Gasteiger charge is -2.41. The molecule has 7 nitrogen and oxygen atoms in total. The van der Waals surface area contributed by atoms with Crippen LogP contribution in [0, 0.1) is 0 Å². The van der Waals surface area contributed by atoms with E-state index in [4.69, 9.17) is 9.47 Å². The normalized spacial score (nSPS) is 29.6. The highest BCUT2D eigenvalue weighted by Crippen LogP contribution is 2.37. The number of benzene rings is 1. The van der Waals surface area contributed by atoms with E-state index in [1.165, 1.54) is 18.9 Å². The van der Waals surface area contributed by atoms with Crippen molar-refractivity contribution in [1.29, 1.82) is 0 Å². The first-order chi connectivity index (χ1) is 13.0. The molecule has 144 valence electrons. The zero-order chi connectivity index (χ0) is 19.1. The van der Waals surface area contributed by atoms with Gasteiger partial charge < -0.3 is 19.7 Å². The van der Waals surface area contributed by atoms with Crippen LogP contribution in [0.1, 0.15) is 36.5 Å². The minimum Gasteiger partial charge on any atom is -0.467 e. The lowest BCUT2D eigenvalue weighted by molar-refractivity contribution is -0.153. The van der Waals surface area contributed by atoms with E-state index in [1.54, 1.807) is 12.1 Å². The van der Waals surface area contributed by atoms with Crippen LogP contribution in [0.2, 0.25) is 0 Å². The van der Waals surface area contributed by atoms with Crippen LogP contribution in [0.3, 0.4) is 0 Å². The van der Waals surface area contributed by atoms with E-state index in [0.29, 0.717) is 23.4 Å². The summed E-state index contributed by atoms with van der Waals surface area (Å²) in [6, 6.07) is 5.33. The van der Waals surface area contributed by atoms with Crippen molar-refractivity contribution >= 4 is 35.2 Å². The van der Waals surface area contributed by atoms with Crippen molar-refractivity contribution in [2.75, 3.05) is 18.2 Å². The molecule has 1 N–H and O–H groups in total. The highest BCUT2D eigenvalue weighted by molar-refractivity contribution is 8.00. The molecule has 27 heavy (non-hydrogen) atoms. The number of nitrogens with zero attached hydrogens (tertiary/aromatic N) is 1. The standard InChI is InChI=1S/C19H22N2O5S/c1-10-3-5-14-13(8-15(26-14)19(24)25-2)21(10)18(23)11-4-6-16-12(7-11)20-17(22)9-27-16/h4,6-7,10,13-15H,3,5,8-9H2,1-2H3,(H,20,22)/t10-,13+,14+,15-/m0/s1. The zero-order valence-corrected chi connectivity index (χ0v) is 16.1. The van der Waals surface area contributed by atoms with Gasteiger partial charge in [-0.05, 0) is 38.0 Å². The number of hydrogen-bond donors (Lipinski definition) is 1. The van der Waals surface area contributed by atoms with Crippen molar-refractivity contribution in [3.05, 3.63) is 23.8 Å². The van der Waals surface area contributed by atoms with Crippen LogP contribution in [-0.4, -0.2) is 59.8 Å². The Balaban J connectivity index is 1.59. The highest BCUT2D eigenvalue weighted by Gasteiger charge is 2.47. The molecule has 1 aromatic carbocycles. The average Bonchev–Trinajstić information content (AvgIpc) is 3.10. The fraction of sp³-hybridized carbons (Fsp3) is 0.526. The van der Waals surface area contributed by atoms with Gasteiger partial charge in [0.15, 0.2) is 6.10 Å². The summed E-state index contributed by atoms with van der Waals surface area (Å²) in [5, 5.41) is 2.83. The minimum atomic E-state index is -0.621. The average molecular weight is 390 g/mol. The van der Waals surface area contributed by atoms with Crippen LogP contribution in [-0.2, 0) is 19.1 Å². The van der Waals surface area contributed by atoms with Gasteiger partial charge in [-0.15, -0.1) is 11.8 Å². The maximum absolute atomic E-state index is 13.3. The molecule has 1 aromatic rings. The van der Waals surface area contributed by atoms with Crippen molar-refractivity contribution in [3.8, 4) is 0 Å². The van der Waals surface area contributed by atoms with E-state index < -0.39 is 12.1 Å². The smallest absolute Gasteiger partial charge is 0.335 e. The molecule has 3 heterocycles. The van der Waals surface area contributed by atoms with E-state index >= 15 is 0 Å². The quantitative estimate of drug-likeness (QED) is 0.778. The minimum absolute atomic E-state index is 0.0544. The van der Waals surface area contributed by atoms with Gasteiger partial charge in [0, 0.05) is 22.9 Å². The summed E-state index contributed by atoms with van der Waals surface area (Å²) in [7, 11) is 1.35. The van der Waals surface area contributed by atoms with Gasteiger partial charge >= 0.3 is 5.97 Å². The number of esters is 1. The van der Waals surface area contributed by atoms with Gasteiger partial charge in [0.25, 0.3) is 5.91 Å². The first-order valence-corrected chi connectivity index (χ1v) is 10.1. The molecule has 0 aliphatic carbocycles. The van der Waals surface area contributed by atoms with Gasteiger partial charge in [0.1, 0.15) is 0 Å². The summed E-state index contributed by atoms with van der Waals surface area (Å²) in [6.45, 7) is 2.02. The van der Waals surface area contributed by atoms with Crippen molar-refractivity contribution < 1.29 is 23.9 Å². The summed E-state index contributed by atoms with van der Waals surface area (Å²) in [4.78, 5) is 39.6. The first kappa shape index (κ1) is 18.3. The third-order valence-corrected chi connectivity index (χ3v) is 6.56. The Labute approximate surface area is 161 Å². The molecule has 4 rings (SSSR count). The molecule has 0 unspecified atom stereocenters. The number of amides is 2. The van der Waals surface area contributed by atoms with Crippen LogP contribution < -0.4 is 5.32 Å². The predicted molar refractivity (Wildman–Crippen MR) is 99.7 cm³/mol. The zero-order valence-electron chi connectivity index (χ0n) is 15.3. The van der Waals surface area contributed by atoms with Crippen LogP contribution >= 0.6 is 11.8 Å². The second-order valence-corrected chi connectivity index (χ2v) is 8.19. The summed E-state index contributed by atoms with van der Waals surface area (Å²) in [6.07, 6.45) is 1.32. The van der Waals surface area contributed by atoms with Gasteiger partial charge in [0.05, 0.1) is 30.7 Å². The second kappa shape index (κ2) is 7.16. The number of likely N-dealkylation sites (tertiary alicyclic amines) is 1. The van der Waals surface area contributed by atoms with Crippen molar-refractivity contribution in [2.24, 2.45) is 0 Å². The third kappa shape index (κ3) is 3.32. The van der Waals surface area contributed by atoms with Gasteiger partial charge in [-0.25, -0.2) is 4.79 Å².